The van der Waals surface area contributed by atoms with Crippen molar-refractivity contribution in [1.82, 2.24) is 4.90 Å². The van der Waals surface area contributed by atoms with Gasteiger partial charge in [0.25, 0.3) is 0 Å². The second kappa shape index (κ2) is 5.72. The third-order valence-electron chi connectivity index (χ3n) is 4.21. The molecule has 2 fully saturated rings. The quantitative estimate of drug-likeness (QED) is 0.710. The van der Waals surface area contributed by atoms with Gasteiger partial charge in [0.05, 0.1) is 0 Å². The predicted octanol–water partition coefficient (Wildman–Crippen LogP) is 3.29. The molecule has 0 aromatic carbocycles. The van der Waals surface area contributed by atoms with Crippen molar-refractivity contribution in [3.63, 3.8) is 0 Å². The van der Waals surface area contributed by atoms with Crippen molar-refractivity contribution in [1.29, 1.82) is 0 Å². The Morgan fingerprint density at radius 3 is 2.22 bits per heavy atom. The lowest BCUT2D eigenvalue weighted by atomic mass is 9.85. The van der Waals surface area contributed by atoms with Crippen molar-refractivity contribution in [3.8, 4) is 0 Å². The molecule has 2 nitrogen and oxygen atoms in total. The molecule has 104 valence electrons. The minimum absolute atomic E-state index is 0.0820. The molecule has 2 aliphatic rings. The number of alkyl halides is 3. The highest BCUT2D eigenvalue weighted by Gasteiger charge is 2.39. The van der Waals surface area contributed by atoms with Crippen LogP contribution in [0.5, 0.6) is 0 Å². The number of nitrogens with zero attached hydrogens (tertiary/aromatic N) is 1. The third kappa shape index (κ3) is 3.34. The van der Waals surface area contributed by atoms with E-state index in [0.29, 0.717) is 24.6 Å². The maximum absolute atomic E-state index is 13.0. The minimum atomic E-state index is -2.55. The van der Waals surface area contributed by atoms with Crippen molar-refractivity contribution in [2.45, 2.75) is 44.4 Å². The average Bonchev–Trinajstić information content (AvgIpc) is 2.38. The van der Waals surface area contributed by atoms with Gasteiger partial charge in [-0.3, -0.25) is 4.79 Å². The van der Waals surface area contributed by atoms with Gasteiger partial charge >= 0.3 is 0 Å². The van der Waals surface area contributed by atoms with Gasteiger partial charge in [-0.1, -0.05) is 0 Å². The number of carbonyl (C=O) groups is 1. The van der Waals surface area contributed by atoms with Crippen LogP contribution in [0.3, 0.4) is 0 Å². The van der Waals surface area contributed by atoms with Gasteiger partial charge < -0.3 is 4.90 Å². The molecule has 1 aliphatic carbocycles. The number of hydrogen-bond donors (Lipinski definition) is 0. The summed E-state index contributed by atoms with van der Waals surface area (Å²) < 4.78 is 26.1. The largest absolute Gasteiger partial charge is 0.342 e. The smallest absolute Gasteiger partial charge is 0.248 e. The molecule has 0 atom stereocenters. The van der Waals surface area contributed by atoms with Gasteiger partial charge in [-0.25, -0.2) is 8.78 Å². The van der Waals surface area contributed by atoms with Crippen LogP contribution < -0.4 is 0 Å². The molecule has 0 bridgehead atoms. The monoisotopic (exact) mass is 279 g/mol. The molecule has 0 unspecified atom stereocenters. The van der Waals surface area contributed by atoms with Crippen LogP contribution in [0.15, 0.2) is 0 Å². The topological polar surface area (TPSA) is 20.3 Å². The molecular weight excluding hydrogens is 260 g/mol. The van der Waals surface area contributed by atoms with Crippen molar-refractivity contribution in [3.05, 3.63) is 0 Å². The fraction of sp³-hybridized carbons (Fsp3) is 0.923. The number of halogens is 3. The molecule has 2 rings (SSSR count). The molecule has 18 heavy (non-hydrogen) atoms. The fourth-order valence-electron chi connectivity index (χ4n) is 2.85. The van der Waals surface area contributed by atoms with Crippen LogP contribution >= 0.6 is 11.6 Å². The maximum atomic E-state index is 13.0. The summed E-state index contributed by atoms with van der Waals surface area (Å²) in [5.41, 5.74) is 0. The Balaban J connectivity index is 1.82. The highest BCUT2D eigenvalue weighted by atomic mass is 35.5. The van der Waals surface area contributed by atoms with Crippen LogP contribution in [0.2, 0.25) is 0 Å². The zero-order chi connectivity index (χ0) is 13.2. The van der Waals surface area contributed by atoms with Crippen LogP contribution in [-0.4, -0.2) is 35.7 Å². The van der Waals surface area contributed by atoms with E-state index in [1.165, 1.54) is 0 Å². The van der Waals surface area contributed by atoms with Crippen molar-refractivity contribution in [2.24, 2.45) is 11.8 Å². The van der Waals surface area contributed by atoms with Crippen LogP contribution in [0.25, 0.3) is 0 Å². The van der Waals surface area contributed by atoms with Crippen LogP contribution in [0.1, 0.15) is 38.5 Å². The molecule has 1 saturated heterocycles. The Morgan fingerprint density at radius 1 is 1.17 bits per heavy atom. The van der Waals surface area contributed by atoms with Crippen LogP contribution in [0.4, 0.5) is 8.78 Å². The highest BCUT2D eigenvalue weighted by molar-refractivity contribution is 6.18. The van der Waals surface area contributed by atoms with E-state index in [1.54, 1.807) is 0 Å². The van der Waals surface area contributed by atoms with E-state index in [4.69, 9.17) is 11.6 Å². The molecule has 0 N–H and O–H groups in total. The van der Waals surface area contributed by atoms with Gasteiger partial charge in [-0.15, -0.1) is 11.6 Å². The summed E-state index contributed by atoms with van der Waals surface area (Å²) in [6.45, 7) is 1.48. The molecule has 5 heteroatoms. The minimum Gasteiger partial charge on any atom is -0.342 e. The number of hydrogen-bond acceptors (Lipinski definition) is 1. The first kappa shape index (κ1) is 14.0. The molecule has 1 saturated carbocycles. The summed E-state index contributed by atoms with van der Waals surface area (Å²) in [4.78, 5) is 14.1. The van der Waals surface area contributed by atoms with E-state index in [0.717, 1.165) is 25.9 Å². The normalized spacial score (nSPS) is 26.3. The average molecular weight is 280 g/mol. The van der Waals surface area contributed by atoms with E-state index in [2.05, 4.69) is 0 Å². The standard InChI is InChI=1S/C13H20ClF2NO/c14-9-10-3-7-17(8-4-10)12(18)11-1-5-13(15,16)6-2-11/h10-11H,1-9H2. The summed E-state index contributed by atoms with van der Waals surface area (Å²) >= 11 is 5.80. The van der Waals surface area contributed by atoms with Crippen molar-refractivity contribution in [2.75, 3.05) is 19.0 Å². The first-order valence-corrected chi connectivity index (χ1v) is 7.28. The van der Waals surface area contributed by atoms with Crippen LogP contribution in [-0.2, 0) is 4.79 Å². The SMILES string of the molecule is O=C(C1CCC(F)(F)CC1)N1CCC(CCl)CC1. The first-order valence-electron chi connectivity index (χ1n) is 6.74. The van der Waals surface area contributed by atoms with E-state index >= 15 is 0 Å². The highest BCUT2D eigenvalue weighted by Crippen LogP contribution is 2.37. The summed E-state index contributed by atoms with van der Waals surface area (Å²) in [6.07, 6.45) is 2.28. The van der Waals surface area contributed by atoms with Crippen molar-refractivity contribution >= 4 is 17.5 Å². The predicted molar refractivity (Wildman–Crippen MR) is 66.9 cm³/mol. The van der Waals surface area contributed by atoms with E-state index in [9.17, 15) is 13.6 Å². The number of piperidine rings is 1. The Kier molecular flexibility index (Phi) is 4.46. The zero-order valence-electron chi connectivity index (χ0n) is 10.5. The Morgan fingerprint density at radius 2 is 1.72 bits per heavy atom. The maximum Gasteiger partial charge on any atom is 0.248 e. The van der Waals surface area contributed by atoms with Gasteiger partial charge in [-0.05, 0) is 31.6 Å². The summed E-state index contributed by atoms with van der Waals surface area (Å²) in [5, 5.41) is 0. The zero-order valence-corrected chi connectivity index (χ0v) is 11.3. The molecule has 1 heterocycles. The van der Waals surface area contributed by atoms with E-state index < -0.39 is 5.92 Å². The molecular formula is C13H20ClF2NO. The molecule has 1 aliphatic heterocycles. The van der Waals surface area contributed by atoms with E-state index in [1.807, 2.05) is 4.90 Å². The number of amides is 1. The second-order valence-electron chi connectivity index (χ2n) is 5.55. The number of rotatable bonds is 2. The van der Waals surface area contributed by atoms with E-state index in [-0.39, 0.29) is 24.7 Å². The second-order valence-corrected chi connectivity index (χ2v) is 5.86. The summed E-state index contributed by atoms with van der Waals surface area (Å²) in [7, 11) is 0. The Labute approximate surface area is 112 Å². The first-order chi connectivity index (χ1) is 8.52. The van der Waals surface area contributed by atoms with Gasteiger partial charge in [0.1, 0.15) is 0 Å². The molecule has 0 radical (unpaired) electrons. The Hall–Kier alpha value is -0.380. The lowest BCUT2D eigenvalue weighted by molar-refractivity contribution is -0.141. The molecule has 0 aromatic heterocycles. The van der Waals surface area contributed by atoms with Gasteiger partial charge in [0.2, 0.25) is 11.8 Å². The Bertz CT molecular complexity index is 293. The molecule has 1 amide bonds. The summed E-state index contributed by atoms with van der Waals surface area (Å²) in [5.74, 6) is -1.50. The lowest BCUT2D eigenvalue weighted by Crippen LogP contribution is -2.43. The summed E-state index contributed by atoms with van der Waals surface area (Å²) in [6, 6.07) is 0. The molecule has 0 spiro atoms. The van der Waals surface area contributed by atoms with Gasteiger partial charge in [-0.2, -0.15) is 0 Å². The fourth-order valence-corrected chi connectivity index (χ4v) is 3.16. The molecule has 0 aromatic rings. The van der Waals surface area contributed by atoms with Crippen LogP contribution in [0, 0.1) is 11.8 Å². The van der Waals surface area contributed by atoms with Gasteiger partial charge in [0.15, 0.2) is 0 Å². The van der Waals surface area contributed by atoms with Gasteiger partial charge in [0, 0.05) is 37.7 Å². The lowest BCUT2D eigenvalue weighted by Gasteiger charge is -2.35. The number of likely N-dealkylation sites (tertiary alicyclic amines) is 1. The number of carbonyl (C=O) groups excluding carboxylic acids is 1. The van der Waals surface area contributed by atoms with Crippen molar-refractivity contribution < 1.29 is 13.6 Å². The third-order valence-corrected chi connectivity index (χ3v) is 4.65.